The van der Waals surface area contributed by atoms with Crippen molar-refractivity contribution in [3.63, 3.8) is 0 Å². The van der Waals surface area contributed by atoms with Crippen LogP contribution in [0.4, 0.5) is 0 Å². The molecule has 1 aromatic carbocycles. The molecule has 1 fully saturated rings. The quantitative estimate of drug-likeness (QED) is 0.916. The topological polar surface area (TPSA) is 43.8 Å². The maximum Gasteiger partial charge on any atom is 0.117 e. The van der Waals surface area contributed by atoms with E-state index in [-0.39, 0.29) is 5.41 Å². The van der Waals surface area contributed by atoms with Gasteiger partial charge in [0.2, 0.25) is 0 Å². The van der Waals surface area contributed by atoms with Crippen molar-refractivity contribution in [3.8, 4) is 0 Å². The van der Waals surface area contributed by atoms with Gasteiger partial charge in [0.15, 0.2) is 0 Å². The summed E-state index contributed by atoms with van der Waals surface area (Å²) in [7, 11) is 0. The van der Waals surface area contributed by atoms with E-state index in [2.05, 4.69) is 42.7 Å². The number of hydrogen-bond acceptors (Lipinski definition) is 2. The van der Waals surface area contributed by atoms with Gasteiger partial charge in [-0.15, -0.1) is 0 Å². The predicted molar refractivity (Wildman–Crippen MR) is 79.3 cm³/mol. The first-order valence-electron chi connectivity index (χ1n) is 7.35. The number of para-hydroxylation sites is 2. The molecule has 19 heavy (non-hydrogen) atoms. The zero-order valence-electron chi connectivity index (χ0n) is 11.9. The number of nitrogens with zero attached hydrogens (tertiary/aromatic N) is 2. The number of rotatable bonds is 3. The molecule has 1 aliphatic rings. The van der Waals surface area contributed by atoms with E-state index in [4.69, 9.17) is 10.7 Å². The molecule has 1 aliphatic carbocycles. The van der Waals surface area contributed by atoms with Crippen molar-refractivity contribution in [3.05, 3.63) is 30.1 Å². The number of nitrogens with two attached hydrogens (primary N) is 1. The smallest absolute Gasteiger partial charge is 0.117 e. The Morgan fingerprint density at radius 1 is 1.26 bits per heavy atom. The third kappa shape index (κ3) is 1.88. The van der Waals surface area contributed by atoms with E-state index in [1.165, 1.54) is 37.0 Å². The van der Waals surface area contributed by atoms with Crippen LogP contribution < -0.4 is 5.73 Å². The summed E-state index contributed by atoms with van der Waals surface area (Å²) in [6, 6.07) is 8.86. The monoisotopic (exact) mass is 257 g/mol. The lowest BCUT2D eigenvalue weighted by Gasteiger charge is -2.29. The Labute approximate surface area is 114 Å². The molecule has 0 radical (unpaired) electrons. The largest absolute Gasteiger partial charge is 0.329 e. The number of fused-ring (bicyclic) bond motifs is 1. The van der Waals surface area contributed by atoms with Gasteiger partial charge in [-0.05, 0) is 38.8 Å². The highest BCUT2D eigenvalue weighted by Gasteiger charge is 2.39. The molecule has 0 amide bonds. The molecule has 2 aromatic rings. The van der Waals surface area contributed by atoms with Gasteiger partial charge in [-0.1, -0.05) is 25.0 Å². The van der Waals surface area contributed by atoms with Crippen molar-refractivity contribution < 1.29 is 0 Å². The molecule has 3 rings (SSSR count). The van der Waals surface area contributed by atoms with Gasteiger partial charge in [0, 0.05) is 18.0 Å². The van der Waals surface area contributed by atoms with Gasteiger partial charge >= 0.3 is 0 Å². The fraction of sp³-hybridized carbons (Fsp3) is 0.562. The summed E-state index contributed by atoms with van der Waals surface area (Å²) < 4.78 is 2.40. The summed E-state index contributed by atoms with van der Waals surface area (Å²) in [4.78, 5) is 4.94. The molecule has 1 aromatic heterocycles. The van der Waals surface area contributed by atoms with E-state index < -0.39 is 0 Å². The minimum atomic E-state index is 0.100. The molecule has 0 spiro atoms. The molecule has 3 heteroatoms. The van der Waals surface area contributed by atoms with Crippen molar-refractivity contribution in [2.24, 2.45) is 5.73 Å². The summed E-state index contributed by atoms with van der Waals surface area (Å²) >= 11 is 0. The van der Waals surface area contributed by atoms with Crippen LogP contribution in [0.1, 0.15) is 51.4 Å². The fourth-order valence-corrected chi connectivity index (χ4v) is 3.51. The highest BCUT2D eigenvalue weighted by atomic mass is 15.1. The lowest BCUT2D eigenvalue weighted by molar-refractivity contribution is 0.393. The van der Waals surface area contributed by atoms with Crippen LogP contribution in [0.15, 0.2) is 24.3 Å². The second-order valence-electron chi connectivity index (χ2n) is 6.08. The second kappa shape index (κ2) is 4.64. The molecule has 1 heterocycles. The highest BCUT2D eigenvalue weighted by molar-refractivity contribution is 5.76. The summed E-state index contributed by atoms with van der Waals surface area (Å²) in [5, 5.41) is 0. The van der Waals surface area contributed by atoms with Crippen LogP contribution in [0.25, 0.3) is 11.0 Å². The van der Waals surface area contributed by atoms with Crippen molar-refractivity contribution >= 4 is 11.0 Å². The van der Waals surface area contributed by atoms with E-state index in [9.17, 15) is 0 Å². The maximum absolute atomic E-state index is 6.14. The van der Waals surface area contributed by atoms with E-state index in [1.807, 2.05) is 0 Å². The summed E-state index contributed by atoms with van der Waals surface area (Å²) in [5.74, 6) is 1.21. The average Bonchev–Trinajstić information content (AvgIpc) is 3.03. The Morgan fingerprint density at radius 3 is 2.58 bits per heavy atom. The zero-order valence-corrected chi connectivity index (χ0v) is 11.9. The SMILES string of the molecule is CC(C)n1c(C2(CN)CCCC2)nc2ccccc21. The van der Waals surface area contributed by atoms with E-state index in [0.717, 1.165) is 5.52 Å². The average molecular weight is 257 g/mol. The van der Waals surface area contributed by atoms with Gasteiger partial charge in [0.05, 0.1) is 11.0 Å². The molecule has 0 aliphatic heterocycles. The molecule has 0 saturated heterocycles. The van der Waals surface area contributed by atoms with Crippen LogP contribution in [-0.2, 0) is 5.41 Å². The third-order valence-corrected chi connectivity index (χ3v) is 4.54. The van der Waals surface area contributed by atoms with Gasteiger partial charge in [0.25, 0.3) is 0 Å². The van der Waals surface area contributed by atoms with Crippen molar-refractivity contribution in [1.29, 1.82) is 0 Å². The van der Waals surface area contributed by atoms with Gasteiger partial charge in [-0.2, -0.15) is 0 Å². The standard InChI is InChI=1S/C16H23N3/c1-12(2)19-14-8-4-3-7-13(14)18-15(19)16(11-17)9-5-6-10-16/h3-4,7-8,12H,5-6,9-11,17H2,1-2H3. The van der Waals surface area contributed by atoms with Gasteiger partial charge in [-0.3, -0.25) is 0 Å². The molecule has 1 saturated carbocycles. The normalized spacial score (nSPS) is 18.5. The van der Waals surface area contributed by atoms with Crippen LogP contribution in [0.3, 0.4) is 0 Å². The number of imidazole rings is 1. The summed E-state index contributed by atoms with van der Waals surface area (Å²) in [6.07, 6.45) is 4.91. The first kappa shape index (κ1) is 12.7. The summed E-state index contributed by atoms with van der Waals surface area (Å²) in [5.41, 5.74) is 8.58. The number of benzene rings is 1. The molecule has 2 N–H and O–H groups in total. The zero-order chi connectivity index (χ0) is 13.5. The predicted octanol–water partition coefficient (Wildman–Crippen LogP) is 3.39. The lowest BCUT2D eigenvalue weighted by atomic mass is 9.85. The fourth-order valence-electron chi connectivity index (χ4n) is 3.51. The number of hydrogen-bond donors (Lipinski definition) is 1. The Bertz CT molecular complexity index is 577. The van der Waals surface area contributed by atoms with Gasteiger partial charge < -0.3 is 10.3 Å². The lowest BCUT2D eigenvalue weighted by Crippen LogP contribution is -2.35. The van der Waals surface area contributed by atoms with Crippen LogP contribution in [0.5, 0.6) is 0 Å². The van der Waals surface area contributed by atoms with E-state index in [1.54, 1.807) is 0 Å². The van der Waals surface area contributed by atoms with Crippen LogP contribution in [0.2, 0.25) is 0 Å². The molecule has 3 nitrogen and oxygen atoms in total. The second-order valence-corrected chi connectivity index (χ2v) is 6.08. The Morgan fingerprint density at radius 2 is 1.95 bits per heavy atom. The van der Waals surface area contributed by atoms with E-state index >= 15 is 0 Å². The molecule has 102 valence electrons. The van der Waals surface area contributed by atoms with Crippen LogP contribution >= 0.6 is 0 Å². The highest BCUT2D eigenvalue weighted by Crippen LogP contribution is 2.41. The Hall–Kier alpha value is -1.35. The number of aromatic nitrogens is 2. The minimum Gasteiger partial charge on any atom is -0.329 e. The Balaban J connectivity index is 2.25. The van der Waals surface area contributed by atoms with Crippen molar-refractivity contribution in [2.75, 3.05) is 6.54 Å². The molecular weight excluding hydrogens is 234 g/mol. The summed E-state index contributed by atoms with van der Waals surface area (Å²) in [6.45, 7) is 5.18. The van der Waals surface area contributed by atoms with Gasteiger partial charge in [-0.25, -0.2) is 4.98 Å². The maximum atomic E-state index is 6.14. The van der Waals surface area contributed by atoms with Crippen molar-refractivity contribution in [1.82, 2.24) is 9.55 Å². The third-order valence-electron chi connectivity index (χ3n) is 4.54. The van der Waals surface area contributed by atoms with Gasteiger partial charge in [0.1, 0.15) is 5.82 Å². The molecular formula is C16H23N3. The Kier molecular flexibility index (Phi) is 3.09. The minimum absolute atomic E-state index is 0.100. The molecule has 0 atom stereocenters. The van der Waals surface area contributed by atoms with E-state index in [0.29, 0.717) is 12.6 Å². The molecule has 0 unspecified atom stereocenters. The first-order chi connectivity index (χ1) is 9.18. The van der Waals surface area contributed by atoms with Crippen LogP contribution in [-0.4, -0.2) is 16.1 Å². The molecule has 0 bridgehead atoms. The van der Waals surface area contributed by atoms with Crippen molar-refractivity contribution in [2.45, 2.75) is 51.0 Å². The van der Waals surface area contributed by atoms with Crippen LogP contribution in [0, 0.1) is 0 Å². The first-order valence-corrected chi connectivity index (χ1v) is 7.35.